The molecule has 0 saturated carbocycles. The summed E-state index contributed by atoms with van der Waals surface area (Å²) in [6, 6.07) is 6.94. The van der Waals surface area contributed by atoms with Gasteiger partial charge in [0.05, 0.1) is 0 Å². The zero-order chi connectivity index (χ0) is 18.7. The molecule has 0 atom stereocenters. The van der Waals surface area contributed by atoms with Gasteiger partial charge in [0.2, 0.25) is 11.8 Å². The van der Waals surface area contributed by atoms with Crippen molar-refractivity contribution in [3.63, 3.8) is 0 Å². The Morgan fingerprint density at radius 3 is 2.62 bits per heavy atom. The van der Waals surface area contributed by atoms with Crippen LogP contribution < -0.4 is 15.9 Å². The van der Waals surface area contributed by atoms with Crippen LogP contribution in [0.4, 0.5) is 11.4 Å². The maximum Gasteiger partial charge on any atom is 0.346 e. The fourth-order valence-electron chi connectivity index (χ4n) is 3.02. The normalized spacial score (nSPS) is 13.6. The van der Waals surface area contributed by atoms with E-state index in [1.54, 1.807) is 35.9 Å². The predicted octanol–water partition coefficient (Wildman–Crippen LogP) is 1.39. The number of amides is 2. The van der Waals surface area contributed by atoms with Crippen molar-refractivity contribution in [2.24, 2.45) is 0 Å². The molecule has 0 spiro atoms. The lowest BCUT2D eigenvalue weighted by molar-refractivity contribution is -0.117. The van der Waals surface area contributed by atoms with E-state index in [2.05, 4.69) is 10.4 Å². The van der Waals surface area contributed by atoms with Crippen molar-refractivity contribution >= 4 is 23.2 Å². The van der Waals surface area contributed by atoms with E-state index < -0.39 is 0 Å². The van der Waals surface area contributed by atoms with E-state index in [0.717, 1.165) is 37.2 Å². The van der Waals surface area contributed by atoms with Crippen LogP contribution in [0.3, 0.4) is 0 Å². The number of fused-ring (bicyclic) bond motifs is 1. The Hall–Kier alpha value is -2.90. The minimum Gasteiger partial charge on any atom is -0.324 e. The topological polar surface area (TPSA) is 89.2 Å². The van der Waals surface area contributed by atoms with Crippen molar-refractivity contribution in [3.8, 4) is 0 Å². The summed E-state index contributed by atoms with van der Waals surface area (Å²) in [7, 11) is 1.69. The number of rotatable bonds is 4. The summed E-state index contributed by atoms with van der Waals surface area (Å²) in [4.78, 5) is 37.5. The fraction of sp³-hybridized carbons (Fsp3) is 0.444. The second kappa shape index (κ2) is 7.55. The zero-order valence-corrected chi connectivity index (χ0v) is 15.1. The van der Waals surface area contributed by atoms with Gasteiger partial charge in [-0.2, -0.15) is 5.10 Å². The molecule has 1 aromatic heterocycles. The molecule has 8 heteroatoms. The zero-order valence-electron chi connectivity index (χ0n) is 15.1. The first-order chi connectivity index (χ1) is 12.5. The second-order valence-corrected chi connectivity index (χ2v) is 6.49. The van der Waals surface area contributed by atoms with Gasteiger partial charge < -0.3 is 10.2 Å². The van der Waals surface area contributed by atoms with Crippen molar-refractivity contribution in [1.82, 2.24) is 14.3 Å². The summed E-state index contributed by atoms with van der Waals surface area (Å²) >= 11 is 0. The molecule has 1 N–H and O–H groups in total. The van der Waals surface area contributed by atoms with Crippen molar-refractivity contribution in [1.29, 1.82) is 0 Å². The average molecular weight is 357 g/mol. The van der Waals surface area contributed by atoms with Crippen molar-refractivity contribution in [3.05, 3.63) is 40.6 Å². The van der Waals surface area contributed by atoms with Crippen LogP contribution in [0.2, 0.25) is 0 Å². The van der Waals surface area contributed by atoms with Crippen molar-refractivity contribution < 1.29 is 9.59 Å². The summed E-state index contributed by atoms with van der Waals surface area (Å²) in [6.07, 6.45) is 3.85. The number of benzene rings is 1. The van der Waals surface area contributed by atoms with Gasteiger partial charge in [0, 0.05) is 38.3 Å². The number of hydrogen-bond donors (Lipinski definition) is 1. The maximum atomic E-state index is 12.4. The molecule has 8 nitrogen and oxygen atoms in total. The summed E-state index contributed by atoms with van der Waals surface area (Å²) < 4.78 is 2.90. The van der Waals surface area contributed by atoms with Crippen LogP contribution in [0.5, 0.6) is 0 Å². The molecule has 0 fully saturated rings. The number of aryl methyl sites for hydroxylation is 1. The molecular weight excluding hydrogens is 334 g/mol. The van der Waals surface area contributed by atoms with Gasteiger partial charge in [0.25, 0.3) is 0 Å². The summed E-state index contributed by atoms with van der Waals surface area (Å²) in [5.41, 5.74) is 1.12. The second-order valence-electron chi connectivity index (χ2n) is 6.49. The molecule has 2 amide bonds. The number of hydrogen-bond acceptors (Lipinski definition) is 4. The smallest absolute Gasteiger partial charge is 0.324 e. The van der Waals surface area contributed by atoms with Crippen molar-refractivity contribution in [2.75, 3.05) is 17.3 Å². The predicted molar refractivity (Wildman–Crippen MR) is 98.2 cm³/mol. The maximum absolute atomic E-state index is 12.4. The number of carbonyl (C=O) groups excluding carboxylic acids is 2. The Kier molecular flexibility index (Phi) is 5.20. The van der Waals surface area contributed by atoms with E-state index >= 15 is 0 Å². The molecule has 1 aromatic carbocycles. The molecule has 2 aromatic rings. The third kappa shape index (κ3) is 3.84. The quantitative estimate of drug-likeness (QED) is 0.895. The first-order valence-corrected chi connectivity index (χ1v) is 8.76. The third-order valence-corrected chi connectivity index (χ3v) is 4.59. The summed E-state index contributed by atoms with van der Waals surface area (Å²) in [6.45, 7) is 2.04. The Morgan fingerprint density at radius 1 is 1.19 bits per heavy atom. The number of aromatic nitrogens is 3. The number of nitrogens with zero attached hydrogens (tertiary/aromatic N) is 4. The minimum absolute atomic E-state index is 0.0688. The SMILES string of the molecule is CC(=O)N(C)c1ccc(NC(=O)Cn2nc3n(c2=O)CCCCC3)cc1. The molecule has 2 heterocycles. The average Bonchev–Trinajstić information content (AvgIpc) is 2.78. The standard InChI is InChI=1S/C18H23N5O3/c1-13(24)21(2)15-9-7-14(8-10-15)19-17(25)12-23-18(26)22-11-5-3-4-6-16(22)20-23/h7-10H,3-6,11-12H2,1-2H3,(H,19,25). The molecule has 0 bridgehead atoms. The first kappa shape index (κ1) is 17.9. The number of anilines is 2. The van der Waals surface area contributed by atoms with Gasteiger partial charge in [0.15, 0.2) is 0 Å². The molecular formula is C18H23N5O3. The first-order valence-electron chi connectivity index (χ1n) is 8.76. The van der Waals surface area contributed by atoms with Crippen LogP contribution in [-0.4, -0.2) is 33.2 Å². The Labute approximate surface area is 151 Å². The van der Waals surface area contributed by atoms with Crippen LogP contribution >= 0.6 is 0 Å². The van der Waals surface area contributed by atoms with E-state index in [4.69, 9.17) is 0 Å². The van der Waals surface area contributed by atoms with Crippen LogP contribution in [0, 0.1) is 0 Å². The van der Waals surface area contributed by atoms with Gasteiger partial charge >= 0.3 is 5.69 Å². The molecule has 3 rings (SSSR count). The third-order valence-electron chi connectivity index (χ3n) is 4.59. The van der Waals surface area contributed by atoms with Gasteiger partial charge in [0.1, 0.15) is 12.4 Å². The van der Waals surface area contributed by atoms with Gasteiger partial charge in [-0.05, 0) is 37.1 Å². The summed E-state index contributed by atoms with van der Waals surface area (Å²) in [5, 5.41) is 7.07. The highest BCUT2D eigenvalue weighted by molar-refractivity contribution is 5.93. The Morgan fingerprint density at radius 2 is 1.92 bits per heavy atom. The molecule has 1 aliphatic heterocycles. The van der Waals surface area contributed by atoms with E-state index in [1.165, 1.54) is 16.5 Å². The van der Waals surface area contributed by atoms with E-state index in [9.17, 15) is 14.4 Å². The van der Waals surface area contributed by atoms with E-state index in [-0.39, 0.29) is 24.0 Å². The molecule has 0 aliphatic carbocycles. The van der Waals surface area contributed by atoms with Crippen LogP contribution in [0.1, 0.15) is 32.0 Å². The molecule has 26 heavy (non-hydrogen) atoms. The van der Waals surface area contributed by atoms with Gasteiger partial charge in [-0.1, -0.05) is 6.42 Å². The highest BCUT2D eigenvalue weighted by Gasteiger charge is 2.17. The van der Waals surface area contributed by atoms with Gasteiger partial charge in [-0.25, -0.2) is 9.48 Å². The van der Waals surface area contributed by atoms with Crippen LogP contribution in [0.25, 0.3) is 0 Å². The van der Waals surface area contributed by atoms with Crippen molar-refractivity contribution in [2.45, 2.75) is 45.7 Å². The number of nitrogens with one attached hydrogen (secondary N) is 1. The van der Waals surface area contributed by atoms with E-state index in [0.29, 0.717) is 12.2 Å². The van der Waals surface area contributed by atoms with Crippen LogP contribution in [-0.2, 0) is 29.1 Å². The minimum atomic E-state index is -0.312. The molecule has 0 unspecified atom stereocenters. The van der Waals surface area contributed by atoms with Crippen LogP contribution in [0.15, 0.2) is 29.1 Å². The molecule has 1 aliphatic rings. The molecule has 138 valence electrons. The Balaban J connectivity index is 1.66. The molecule has 0 radical (unpaired) electrons. The molecule has 0 saturated heterocycles. The highest BCUT2D eigenvalue weighted by atomic mass is 16.2. The van der Waals surface area contributed by atoms with E-state index in [1.807, 2.05) is 0 Å². The lowest BCUT2D eigenvalue weighted by Gasteiger charge is -2.15. The lowest BCUT2D eigenvalue weighted by atomic mass is 10.2. The van der Waals surface area contributed by atoms with Gasteiger partial charge in [-0.15, -0.1) is 0 Å². The highest BCUT2D eigenvalue weighted by Crippen LogP contribution is 2.17. The monoisotopic (exact) mass is 357 g/mol. The summed E-state index contributed by atoms with van der Waals surface area (Å²) in [5.74, 6) is 0.380. The Bertz CT molecular complexity index is 866. The number of carbonyl (C=O) groups is 2. The fourth-order valence-corrected chi connectivity index (χ4v) is 3.02. The lowest BCUT2D eigenvalue weighted by Crippen LogP contribution is -2.30. The largest absolute Gasteiger partial charge is 0.346 e. The van der Waals surface area contributed by atoms with Gasteiger partial charge in [-0.3, -0.25) is 14.2 Å².